The fourth-order valence-electron chi connectivity index (χ4n) is 4.41. The molecular formula is C23H27N3O6S3. The van der Waals surface area contributed by atoms with E-state index in [4.69, 9.17) is 0 Å². The molecule has 1 aromatic carbocycles. The van der Waals surface area contributed by atoms with Crippen LogP contribution in [0.2, 0.25) is 0 Å². The Kier molecular flexibility index (Phi) is 7.84. The van der Waals surface area contributed by atoms with Crippen LogP contribution in [-0.4, -0.2) is 57.1 Å². The van der Waals surface area contributed by atoms with Gasteiger partial charge in [0.2, 0.25) is 15.9 Å². The summed E-state index contributed by atoms with van der Waals surface area (Å²) in [5.74, 6) is -1.23. The van der Waals surface area contributed by atoms with Gasteiger partial charge >= 0.3 is 6.09 Å². The van der Waals surface area contributed by atoms with Gasteiger partial charge in [0.1, 0.15) is 5.00 Å². The maximum atomic E-state index is 13.0. The fraction of sp³-hybridized carbons (Fsp3) is 0.435. The number of amides is 3. The first kappa shape index (κ1) is 25.7. The van der Waals surface area contributed by atoms with Gasteiger partial charge in [-0.1, -0.05) is 0 Å². The number of alkyl carbamates (subject to hydrolysis) is 1. The Bertz CT molecular complexity index is 1230. The van der Waals surface area contributed by atoms with Crippen molar-refractivity contribution >= 4 is 56.0 Å². The maximum absolute atomic E-state index is 13.0. The van der Waals surface area contributed by atoms with Gasteiger partial charge in [0.05, 0.1) is 17.6 Å². The first-order valence-corrected chi connectivity index (χ1v) is 14.7. The normalized spacial score (nSPS) is 16.5. The number of aryl methyl sites for hydroxylation is 1. The van der Waals surface area contributed by atoms with Crippen molar-refractivity contribution in [1.29, 1.82) is 0 Å². The van der Waals surface area contributed by atoms with Crippen molar-refractivity contribution in [3.63, 3.8) is 0 Å². The summed E-state index contributed by atoms with van der Waals surface area (Å²) >= 11 is 2.90. The predicted octanol–water partition coefficient (Wildman–Crippen LogP) is 3.49. The van der Waals surface area contributed by atoms with E-state index in [1.165, 1.54) is 22.8 Å². The summed E-state index contributed by atoms with van der Waals surface area (Å²) in [5.41, 5.74) is 1.18. The van der Waals surface area contributed by atoms with Gasteiger partial charge < -0.3 is 10.1 Å². The molecule has 9 nitrogen and oxygen atoms in total. The van der Waals surface area contributed by atoms with Crippen LogP contribution in [0.25, 0.3) is 0 Å². The maximum Gasteiger partial charge on any atom is 0.413 e. The predicted molar refractivity (Wildman–Crippen MR) is 135 cm³/mol. The number of fused-ring (bicyclic) bond motifs is 1. The molecule has 1 aromatic heterocycles. The summed E-state index contributed by atoms with van der Waals surface area (Å²) < 4.78 is 32.0. The number of methoxy groups -OCH3 is 1. The van der Waals surface area contributed by atoms with E-state index in [1.54, 1.807) is 36.0 Å². The summed E-state index contributed by atoms with van der Waals surface area (Å²) in [6.07, 6.45) is 4.27. The molecule has 2 aromatic rings. The second-order valence-corrected chi connectivity index (χ2v) is 12.3. The topological polar surface area (TPSA) is 122 Å². The van der Waals surface area contributed by atoms with Crippen molar-refractivity contribution in [2.75, 3.05) is 31.8 Å². The number of thioether (sulfide) groups is 1. The molecule has 35 heavy (non-hydrogen) atoms. The molecule has 188 valence electrons. The van der Waals surface area contributed by atoms with Crippen molar-refractivity contribution < 1.29 is 27.5 Å². The third kappa shape index (κ3) is 5.40. The molecule has 2 N–H and O–H groups in total. The number of nitrogens with one attached hydrogen (secondary N) is 2. The molecule has 2 aliphatic rings. The Hall–Kier alpha value is -2.41. The fourth-order valence-corrected chi connectivity index (χ4v) is 7.58. The minimum absolute atomic E-state index is 0.237. The smallest absolute Gasteiger partial charge is 0.413 e. The molecule has 3 amide bonds. The highest BCUT2D eigenvalue weighted by molar-refractivity contribution is 7.98. The van der Waals surface area contributed by atoms with Crippen LogP contribution in [-0.2, 0) is 32.4 Å². The van der Waals surface area contributed by atoms with Gasteiger partial charge in [-0.2, -0.15) is 4.31 Å². The zero-order chi connectivity index (χ0) is 25.2. The Balaban J connectivity index is 1.42. The Morgan fingerprint density at radius 3 is 2.43 bits per heavy atom. The molecule has 1 aliphatic carbocycles. The Morgan fingerprint density at radius 2 is 1.80 bits per heavy atom. The molecule has 12 heteroatoms. The van der Waals surface area contributed by atoms with Gasteiger partial charge in [0.25, 0.3) is 5.91 Å². The zero-order valence-corrected chi connectivity index (χ0v) is 21.9. The lowest BCUT2D eigenvalue weighted by Gasteiger charge is -2.30. The molecule has 2 heterocycles. The number of piperidine rings is 1. The van der Waals surface area contributed by atoms with Crippen LogP contribution in [0.5, 0.6) is 0 Å². The van der Waals surface area contributed by atoms with E-state index in [1.807, 2.05) is 6.26 Å². The number of thiophene rings is 1. The van der Waals surface area contributed by atoms with Crippen LogP contribution in [0.15, 0.2) is 34.1 Å². The number of sulfonamides is 1. The summed E-state index contributed by atoms with van der Waals surface area (Å²) in [5, 5.41) is 5.48. The number of ether oxygens (including phenoxy) is 1. The van der Waals surface area contributed by atoms with Gasteiger partial charge in [-0.3, -0.25) is 14.9 Å². The average molecular weight is 538 g/mol. The second kappa shape index (κ2) is 10.7. The first-order valence-electron chi connectivity index (χ1n) is 11.2. The van der Waals surface area contributed by atoms with Crippen molar-refractivity contribution in [3.8, 4) is 0 Å². The van der Waals surface area contributed by atoms with Crippen molar-refractivity contribution in [2.45, 2.75) is 41.9 Å². The average Bonchev–Trinajstić information content (AvgIpc) is 3.44. The summed E-state index contributed by atoms with van der Waals surface area (Å²) in [4.78, 5) is 39.6. The van der Waals surface area contributed by atoms with Crippen molar-refractivity contribution in [3.05, 3.63) is 40.3 Å². The van der Waals surface area contributed by atoms with Gasteiger partial charge in [-0.25, -0.2) is 13.2 Å². The minimum Gasteiger partial charge on any atom is -0.453 e. The van der Waals surface area contributed by atoms with Crippen LogP contribution >= 0.6 is 23.1 Å². The standard InChI is InChI=1S/C23H27N3O6S3/c1-32-23(29)25-21(28)19-17-4-3-5-18(17)34-22(19)24-20(27)14-10-12-26(13-11-14)35(30,31)16-8-6-15(33-2)7-9-16/h6-9,14H,3-5,10-13H2,1-2H3,(H,24,27)(H,25,28,29). The van der Waals surface area contributed by atoms with Gasteiger partial charge in [0, 0.05) is 28.8 Å². The van der Waals surface area contributed by atoms with Crippen LogP contribution in [0.4, 0.5) is 9.80 Å². The number of anilines is 1. The molecule has 0 unspecified atom stereocenters. The van der Waals surface area contributed by atoms with Crippen molar-refractivity contribution in [2.24, 2.45) is 5.92 Å². The third-order valence-corrected chi connectivity index (χ3v) is 10.2. The molecular weight excluding hydrogens is 510 g/mol. The lowest BCUT2D eigenvalue weighted by Crippen LogP contribution is -2.41. The molecule has 1 fully saturated rings. The van der Waals surface area contributed by atoms with E-state index in [0.717, 1.165) is 28.2 Å². The molecule has 4 rings (SSSR count). The molecule has 0 atom stereocenters. The number of hydrogen-bond donors (Lipinski definition) is 2. The summed E-state index contributed by atoms with van der Waals surface area (Å²) in [6.45, 7) is 0.475. The number of rotatable bonds is 6. The van der Waals surface area contributed by atoms with Gasteiger partial charge in [-0.15, -0.1) is 23.1 Å². The molecule has 0 saturated carbocycles. The number of benzene rings is 1. The largest absolute Gasteiger partial charge is 0.453 e. The quantitative estimate of drug-likeness (QED) is 0.541. The van der Waals surface area contributed by atoms with E-state index >= 15 is 0 Å². The zero-order valence-electron chi connectivity index (χ0n) is 19.5. The van der Waals surface area contributed by atoms with E-state index in [2.05, 4.69) is 15.4 Å². The van der Waals surface area contributed by atoms with E-state index in [9.17, 15) is 22.8 Å². The first-order chi connectivity index (χ1) is 16.7. The number of nitrogens with zero attached hydrogens (tertiary/aromatic N) is 1. The van der Waals surface area contributed by atoms with Crippen LogP contribution in [0.3, 0.4) is 0 Å². The van der Waals surface area contributed by atoms with Crippen LogP contribution in [0, 0.1) is 5.92 Å². The molecule has 0 spiro atoms. The molecule has 0 radical (unpaired) electrons. The Labute approximate surface area is 212 Å². The molecule has 0 bridgehead atoms. The lowest BCUT2D eigenvalue weighted by molar-refractivity contribution is -0.120. The van der Waals surface area contributed by atoms with Crippen LogP contribution < -0.4 is 10.6 Å². The Morgan fingerprint density at radius 1 is 1.11 bits per heavy atom. The lowest BCUT2D eigenvalue weighted by atomic mass is 9.97. The van der Waals surface area contributed by atoms with Gasteiger partial charge in [-0.05, 0) is 68.2 Å². The van der Waals surface area contributed by atoms with Crippen molar-refractivity contribution in [1.82, 2.24) is 9.62 Å². The number of imide groups is 1. The number of hydrogen-bond acceptors (Lipinski definition) is 8. The molecule has 1 aliphatic heterocycles. The van der Waals surface area contributed by atoms with E-state index in [0.29, 0.717) is 29.8 Å². The monoisotopic (exact) mass is 537 g/mol. The number of carbonyl (C=O) groups excluding carboxylic acids is 3. The third-order valence-electron chi connectivity index (χ3n) is 6.31. The SMILES string of the molecule is COC(=O)NC(=O)c1c(NC(=O)C2CCN(S(=O)(=O)c3ccc(SC)cc3)CC2)sc2c1CCC2. The highest BCUT2D eigenvalue weighted by Crippen LogP contribution is 2.39. The summed E-state index contributed by atoms with van der Waals surface area (Å²) in [6, 6.07) is 6.78. The minimum atomic E-state index is -3.63. The van der Waals surface area contributed by atoms with E-state index in [-0.39, 0.29) is 29.8 Å². The highest BCUT2D eigenvalue weighted by Gasteiger charge is 2.34. The van der Waals surface area contributed by atoms with E-state index < -0.39 is 22.0 Å². The van der Waals surface area contributed by atoms with Gasteiger partial charge in [0.15, 0.2) is 0 Å². The summed E-state index contributed by atoms with van der Waals surface area (Å²) in [7, 11) is -2.45. The highest BCUT2D eigenvalue weighted by atomic mass is 32.2. The number of carbonyl (C=O) groups is 3. The second-order valence-electron chi connectivity index (χ2n) is 8.35. The molecule has 1 saturated heterocycles. The van der Waals surface area contributed by atoms with Crippen LogP contribution in [0.1, 0.15) is 40.1 Å².